The van der Waals surface area contributed by atoms with E-state index in [1.165, 1.54) is 12.5 Å². The molecule has 0 bridgehead atoms. The molecule has 0 atom stereocenters. The molecule has 3 aromatic rings. The predicted molar refractivity (Wildman–Crippen MR) is 127 cm³/mol. The minimum absolute atomic E-state index is 0.0690. The molecule has 0 radical (unpaired) electrons. The molecule has 3 nitrogen and oxygen atoms in total. The SMILES string of the molecule is O=C(NN1CCCCC1)c1ccc2c(c1)C/C=C(/c1ccccc1F)c1ccccc1S2. The zero-order valence-electron chi connectivity index (χ0n) is 17.8. The molecule has 0 saturated carbocycles. The number of hydrazine groups is 1. The summed E-state index contributed by atoms with van der Waals surface area (Å²) in [5.41, 5.74) is 7.30. The van der Waals surface area contributed by atoms with Gasteiger partial charge in [0.1, 0.15) is 5.82 Å². The summed E-state index contributed by atoms with van der Waals surface area (Å²) in [5, 5.41) is 2.02. The number of carbonyl (C=O) groups is 1. The molecule has 1 saturated heterocycles. The highest BCUT2D eigenvalue weighted by Crippen LogP contribution is 2.40. The maximum absolute atomic E-state index is 14.7. The van der Waals surface area contributed by atoms with Crippen LogP contribution in [0.1, 0.15) is 46.3 Å². The number of fused-ring (bicyclic) bond motifs is 2. The monoisotopic (exact) mass is 444 g/mol. The van der Waals surface area contributed by atoms with E-state index in [9.17, 15) is 9.18 Å². The lowest BCUT2D eigenvalue weighted by molar-refractivity contribution is 0.0750. The van der Waals surface area contributed by atoms with E-state index in [0.717, 1.165) is 52.4 Å². The van der Waals surface area contributed by atoms with Crippen molar-refractivity contribution in [3.8, 4) is 0 Å². The molecule has 5 rings (SSSR count). The number of halogens is 1. The van der Waals surface area contributed by atoms with Crippen molar-refractivity contribution < 1.29 is 9.18 Å². The summed E-state index contributed by atoms with van der Waals surface area (Å²) in [5.74, 6) is -0.297. The van der Waals surface area contributed by atoms with Gasteiger partial charge in [0, 0.05) is 34.0 Å². The normalized spacial score (nSPS) is 17.8. The first-order valence-electron chi connectivity index (χ1n) is 11.1. The molecule has 2 aliphatic rings. The van der Waals surface area contributed by atoms with E-state index in [1.54, 1.807) is 17.8 Å². The topological polar surface area (TPSA) is 32.3 Å². The summed E-state index contributed by atoms with van der Waals surface area (Å²) in [7, 11) is 0. The van der Waals surface area contributed by atoms with E-state index in [0.29, 0.717) is 17.5 Å². The Balaban J connectivity index is 1.50. The van der Waals surface area contributed by atoms with Crippen LogP contribution in [0.15, 0.2) is 82.6 Å². The average molecular weight is 445 g/mol. The first-order chi connectivity index (χ1) is 15.7. The predicted octanol–water partition coefficient (Wildman–Crippen LogP) is 6.10. The van der Waals surface area contributed by atoms with E-state index in [1.807, 2.05) is 53.5 Å². The van der Waals surface area contributed by atoms with Gasteiger partial charge < -0.3 is 0 Å². The fourth-order valence-corrected chi connectivity index (χ4v) is 5.43. The van der Waals surface area contributed by atoms with Crippen LogP contribution in [-0.2, 0) is 6.42 Å². The van der Waals surface area contributed by atoms with E-state index in [-0.39, 0.29) is 11.7 Å². The van der Waals surface area contributed by atoms with Gasteiger partial charge in [-0.1, -0.05) is 60.7 Å². The molecular weight excluding hydrogens is 419 g/mol. The summed E-state index contributed by atoms with van der Waals surface area (Å²) < 4.78 is 14.7. The molecule has 0 spiro atoms. The Labute approximate surface area is 192 Å². The highest BCUT2D eigenvalue weighted by atomic mass is 32.2. The van der Waals surface area contributed by atoms with Gasteiger partial charge in [-0.3, -0.25) is 10.2 Å². The van der Waals surface area contributed by atoms with Crippen LogP contribution >= 0.6 is 11.8 Å². The van der Waals surface area contributed by atoms with Crippen LogP contribution in [0.2, 0.25) is 0 Å². The number of benzene rings is 3. The maximum atomic E-state index is 14.7. The van der Waals surface area contributed by atoms with E-state index >= 15 is 0 Å². The molecule has 0 aromatic heterocycles. The van der Waals surface area contributed by atoms with Gasteiger partial charge in [-0.25, -0.2) is 9.40 Å². The molecule has 0 unspecified atom stereocenters. The summed E-state index contributed by atoms with van der Waals surface area (Å²) in [4.78, 5) is 15.1. The second-order valence-electron chi connectivity index (χ2n) is 8.21. The van der Waals surface area contributed by atoms with Crippen LogP contribution < -0.4 is 5.43 Å². The lowest BCUT2D eigenvalue weighted by Crippen LogP contribution is -2.45. The van der Waals surface area contributed by atoms with Crippen LogP contribution in [0.3, 0.4) is 0 Å². The van der Waals surface area contributed by atoms with Crippen LogP contribution in [-0.4, -0.2) is 24.0 Å². The number of allylic oxidation sites excluding steroid dienone is 1. The summed E-state index contributed by atoms with van der Waals surface area (Å²) >= 11 is 1.67. The van der Waals surface area contributed by atoms with Gasteiger partial charge in [0.25, 0.3) is 5.91 Å². The van der Waals surface area contributed by atoms with Crippen molar-refractivity contribution in [2.24, 2.45) is 0 Å². The van der Waals surface area contributed by atoms with Gasteiger partial charge in [0.15, 0.2) is 0 Å². The van der Waals surface area contributed by atoms with Crippen molar-refractivity contribution >= 4 is 23.2 Å². The molecule has 3 aromatic carbocycles. The molecule has 1 N–H and O–H groups in total. The Morgan fingerprint density at radius 3 is 2.44 bits per heavy atom. The fraction of sp³-hybridized carbons (Fsp3) is 0.222. The largest absolute Gasteiger partial charge is 0.285 e. The molecule has 162 valence electrons. The zero-order valence-corrected chi connectivity index (χ0v) is 18.6. The van der Waals surface area contributed by atoms with Crippen molar-refractivity contribution in [1.29, 1.82) is 0 Å². The molecule has 1 fully saturated rings. The van der Waals surface area contributed by atoms with Crippen LogP contribution in [0, 0.1) is 5.82 Å². The Kier molecular flexibility index (Phi) is 6.10. The number of rotatable bonds is 3. The highest BCUT2D eigenvalue weighted by molar-refractivity contribution is 7.99. The number of nitrogens with one attached hydrogen (secondary N) is 1. The lowest BCUT2D eigenvalue weighted by atomic mass is 9.94. The standard InChI is InChI=1S/C27H25FN2OS/c28-24-10-4-2-8-22(24)21-14-12-19-18-20(27(31)29-30-16-6-1-7-17-30)13-15-25(19)32-26-11-5-3-9-23(21)26/h2-5,8-11,13-15,18H,1,6-7,12,16-17H2,(H,29,31)/b21-14-. The number of piperidine rings is 1. The molecular formula is C27H25FN2OS. The van der Waals surface area contributed by atoms with Gasteiger partial charge in [0.2, 0.25) is 0 Å². The van der Waals surface area contributed by atoms with E-state index in [2.05, 4.69) is 17.6 Å². The smallest absolute Gasteiger partial charge is 0.265 e. The van der Waals surface area contributed by atoms with Gasteiger partial charge in [-0.2, -0.15) is 0 Å². The van der Waals surface area contributed by atoms with Crippen molar-refractivity contribution in [3.05, 3.63) is 101 Å². The minimum atomic E-state index is -0.228. The molecule has 2 aliphatic heterocycles. The van der Waals surface area contributed by atoms with Crippen LogP contribution in [0.25, 0.3) is 5.57 Å². The van der Waals surface area contributed by atoms with E-state index < -0.39 is 0 Å². The van der Waals surface area contributed by atoms with E-state index in [4.69, 9.17) is 0 Å². The summed E-state index contributed by atoms with van der Waals surface area (Å²) in [6.07, 6.45) is 6.17. The molecule has 0 aliphatic carbocycles. The molecule has 32 heavy (non-hydrogen) atoms. The number of amides is 1. The third kappa shape index (κ3) is 4.36. The lowest BCUT2D eigenvalue weighted by Gasteiger charge is -2.27. The number of hydrogen-bond acceptors (Lipinski definition) is 3. The Morgan fingerprint density at radius 2 is 1.62 bits per heavy atom. The quantitative estimate of drug-likeness (QED) is 0.530. The average Bonchev–Trinajstić information content (AvgIpc) is 2.81. The maximum Gasteiger partial charge on any atom is 0.265 e. The van der Waals surface area contributed by atoms with Gasteiger partial charge in [-0.15, -0.1) is 0 Å². The van der Waals surface area contributed by atoms with Crippen molar-refractivity contribution in [1.82, 2.24) is 10.4 Å². The first-order valence-corrected chi connectivity index (χ1v) is 11.9. The third-order valence-electron chi connectivity index (χ3n) is 6.03. The number of hydrogen-bond donors (Lipinski definition) is 1. The fourth-order valence-electron chi connectivity index (χ4n) is 4.35. The zero-order chi connectivity index (χ0) is 21.9. The second kappa shape index (κ2) is 9.31. The first kappa shape index (κ1) is 21.0. The molecule has 5 heteroatoms. The Morgan fingerprint density at radius 1 is 0.875 bits per heavy atom. The van der Waals surface area contributed by atoms with Gasteiger partial charge >= 0.3 is 0 Å². The summed E-state index contributed by atoms with van der Waals surface area (Å²) in [6.45, 7) is 1.80. The number of nitrogens with zero attached hydrogens (tertiary/aromatic N) is 1. The van der Waals surface area contributed by atoms with Crippen molar-refractivity contribution in [2.45, 2.75) is 35.5 Å². The van der Waals surface area contributed by atoms with Crippen molar-refractivity contribution in [3.63, 3.8) is 0 Å². The second-order valence-corrected chi connectivity index (χ2v) is 9.29. The van der Waals surface area contributed by atoms with Gasteiger partial charge in [0.05, 0.1) is 0 Å². The van der Waals surface area contributed by atoms with Gasteiger partial charge in [-0.05, 0) is 66.3 Å². The Bertz CT molecular complexity index is 1180. The molecule has 2 heterocycles. The number of carbonyl (C=O) groups excluding carboxylic acids is 1. The Hall–Kier alpha value is -2.89. The molecule has 1 amide bonds. The van der Waals surface area contributed by atoms with Crippen molar-refractivity contribution in [2.75, 3.05) is 13.1 Å². The van der Waals surface area contributed by atoms with Crippen LogP contribution in [0.4, 0.5) is 4.39 Å². The van der Waals surface area contributed by atoms with Crippen LogP contribution in [0.5, 0.6) is 0 Å². The minimum Gasteiger partial charge on any atom is -0.285 e. The summed E-state index contributed by atoms with van der Waals surface area (Å²) in [6, 6.07) is 20.9. The third-order valence-corrected chi connectivity index (χ3v) is 7.22. The highest BCUT2D eigenvalue weighted by Gasteiger charge is 2.20.